The molecular formula is C94H57ClN8O2. The number of fused-ring (bicyclic) bond motifs is 16. The first-order chi connectivity index (χ1) is 51.9. The lowest BCUT2D eigenvalue weighted by Crippen LogP contribution is -2.04. The third-order valence-corrected chi connectivity index (χ3v) is 20.2. The minimum Gasteiger partial charge on any atom is -0.456 e. The van der Waals surface area contributed by atoms with Gasteiger partial charge in [0.1, 0.15) is 22.3 Å². The molecule has 0 saturated heterocycles. The fraction of sp³-hybridized carbons (Fsp3) is 0. The first-order valence-electron chi connectivity index (χ1n) is 34.9. The van der Waals surface area contributed by atoms with E-state index >= 15 is 0 Å². The summed E-state index contributed by atoms with van der Waals surface area (Å²) in [6, 6.07) is 117. The molecule has 0 aliphatic heterocycles. The first-order valence-corrected chi connectivity index (χ1v) is 35.3. The van der Waals surface area contributed by atoms with Gasteiger partial charge in [-0.1, -0.05) is 266 Å². The van der Waals surface area contributed by atoms with Crippen LogP contribution in [0.2, 0.25) is 5.02 Å². The minimum atomic E-state index is 0.514. The Morgan fingerprint density at radius 2 is 0.552 bits per heavy atom. The number of H-pyrrole nitrogens is 1. The van der Waals surface area contributed by atoms with E-state index in [9.17, 15) is 0 Å². The molecular weight excluding hydrogens is 1310 g/mol. The number of nitrogens with one attached hydrogen (secondary N) is 1. The predicted molar refractivity (Wildman–Crippen MR) is 432 cm³/mol. The summed E-state index contributed by atoms with van der Waals surface area (Å²) in [6.45, 7) is 0. The van der Waals surface area contributed by atoms with Gasteiger partial charge < -0.3 is 18.4 Å². The molecule has 0 aliphatic rings. The smallest absolute Gasteiger partial charge is 0.166 e. The number of aromatic amines is 1. The van der Waals surface area contributed by atoms with E-state index in [1.165, 1.54) is 75.7 Å². The molecule has 11 heteroatoms. The fourth-order valence-electron chi connectivity index (χ4n) is 15.0. The second kappa shape index (κ2) is 25.3. The Morgan fingerprint density at radius 1 is 0.248 bits per heavy atom. The van der Waals surface area contributed by atoms with Crippen molar-refractivity contribution in [3.8, 4) is 74.0 Å². The van der Waals surface area contributed by atoms with Crippen LogP contribution >= 0.6 is 11.6 Å². The quantitative estimate of drug-likeness (QED) is 0.167. The normalized spacial score (nSPS) is 11.7. The van der Waals surface area contributed by atoms with Crippen LogP contribution in [0.3, 0.4) is 0 Å². The second-order valence-corrected chi connectivity index (χ2v) is 26.7. The van der Waals surface area contributed by atoms with Crippen LogP contribution in [0.25, 0.3) is 205 Å². The standard InChI is InChI=1S/C47H28N4O.C27H16ClN3O.C20H13N/c1-3-13-29(14-4-1)45-48-46(30-15-5-2-6-16-30)50-47(49-45)44-38(23-24-42-43(44)35-21-11-12-22-41(35)52-42)51-39-27-33-19-9-7-17-31(33)25-36(39)37-26-32-18-8-10-20-34(32)28-40(37)51;28-20-15-16-22-23(19-13-7-8-14-21(19)32-22)24(20)27-30-25(17-9-3-1-4-10-17)29-26(31-27)18-11-5-2-6-12-18;1-3-7-15-11-19-17(9-13(15)5-1)18-10-14-6-2-4-8-16(14)12-20(18)21-19/h1-28H;1-16H;1-12,21H. The highest BCUT2D eigenvalue weighted by Crippen LogP contribution is 2.46. The summed E-state index contributed by atoms with van der Waals surface area (Å²) in [5.41, 5.74) is 14.0. The van der Waals surface area contributed by atoms with Crippen molar-refractivity contribution in [1.82, 2.24) is 39.5 Å². The highest BCUT2D eigenvalue weighted by Gasteiger charge is 2.26. The molecule has 22 rings (SSSR count). The molecule has 0 amide bonds. The summed E-state index contributed by atoms with van der Waals surface area (Å²) >= 11 is 6.75. The lowest BCUT2D eigenvalue weighted by atomic mass is 10.0. The Bertz CT molecular complexity index is 6880. The van der Waals surface area contributed by atoms with Crippen LogP contribution in [0, 0.1) is 0 Å². The van der Waals surface area contributed by atoms with Crippen LogP contribution in [-0.2, 0) is 0 Å². The second-order valence-electron chi connectivity index (χ2n) is 26.3. The van der Waals surface area contributed by atoms with E-state index in [0.717, 1.165) is 94.0 Å². The maximum atomic E-state index is 6.75. The summed E-state index contributed by atoms with van der Waals surface area (Å²) in [6.07, 6.45) is 0. The maximum absolute atomic E-state index is 6.75. The van der Waals surface area contributed by atoms with Crippen LogP contribution in [0.1, 0.15) is 0 Å². The number of rotatable bonds is 7. The zero-order valence-corrected chi connectivity index (χ0v) is 56.9. The molecule has 16 aromatic carbocycles. The Labute approximate surface area is 605 Å². The van der Waals surface area contributed by atoms with E-state index in [4.69, 9.17) is 50.3 Å². The van der Waals surface area contributed by atoms with E-state index in [0.29, 0.717) is 40.0 Å². The molecule has 6 aromatic heterocycles. The Hall–Kier alpha value is -13.9. The van der Waals surface area contributed by atoms with Crippen LogP contribution in [0.15, 0.2) is 349 Å². The highest BCUT2D eigenvalue weighted by atomic mass is 35.5. The number of para-hydroxylation sites is 2. The van der Waals surface area contributed by atoms with Crippen molar-refractivity contribution < 1.29 is 8.83 Å². The number of hydrogen-bond donors (Lipinski definition) is 1. The predicted octanol–water partition coefficient (Wildman–Crippen LogP) is 25.2. The SMILES string of the molecule is Clc1ccc2oc3ccccc3c2c1-c1nc(-c2ccccc2)nc(-c2ccccc2)n1.c1ccc(-c2nc(-c3ccccc3)nc(-c3c(-n4c5cc6ccccc6cc5c5cc6ccccc6cc54)ccc4oc5ccccc5c34)n2)cc1.c1ccc2cc3c(cc2c1)[nH]c1cc2ccccc2cc13. The number of benzene rings is 16. The van der Waals surface area contributed by atoms with E-state index < -0.39 is 0 Å². The minimum absolute atomic E-state index is 0.514. The van der Waals surface area contributed by atoms with Gasteiger partial charge in [0.05, 0.1) is 27.3 Å². The molecule has 6 heterocycles. The van der Waals surface area contributed by atoms with Gasteiger partial charge in [0.25, 0.3) is 0 Å². The monoisotopic (exact) mass is 1360 g/mol. The molecule has 0 spiro atoms. The maximum Gasteiger partial charge on any atom is 0.166 e. The molecule has 0 radical (unpaired) electrons. The van der Waals surface area contributed by atoms with Crippen LogP contribution in [-0.4, -0.2) is 39.5 Å². The average molecular weight is 1370 g/mol. The zero-order chi connectivity index (χ0) is 69.5. The van der Waals surface area contributed by atoms with E-state index in [-0.39, 0.29) is 0 Å². The molecule has 492 valence electrons. The largest absolute Gasteiger partial charge is 0.456 e. The fourth-order valence-corrected chi connectivity index (χ4v) is 15.2. The molecule has 0 unspecified atom stereocenters. The molecule has 1 N–H and O–H groups in total. The summed E-state index contributed by atoms with van der Waals surface area (Å²) in [4.78, 5) is 33.6. The van der Waals surface area contributed by atoms with Gasteiger partial charge >= 0.3 is 0 Å². The van der Waals surface area contributed by atoms with Gasteiger partial charge in [0, 0.05) is 81.9 Å². The molecule has 0 bridgehead atoms. The average Bonchev–Trinajstić information content (AvgIpc) is 1.59. The third kappa shape index (κ3) is 10.8. The number of nitrogens with zero attached hydrogens (tertiary/aromatic N) is 7. The first kappa shape index (κ1) is 61.0. The summed E-state index contributed by atoms with van der Waals surface area (Å²) < 4.78 is 15.0. The van der Waals surface area contributed by atoms with E-state index in [2.05, 4.69) is 179 Å². The van der Waals surface area contributed by atoms with Crippen molar-refractivity contribution in [1.29, 1.82) is 0 Å². The molecule has 105 heavy (non-hydrogen) atoms. The Balaban J connectivity index is 0.000000117. The summed E-state index contributed by atoms with van der Waals surface area (Å²) in [7, 11) is 0. The molecule has 10 nitrogen and oxygen atoms in total. The van der Waals surface area contributed by atoms with Gasteiger partial charge in [-0.05, 0) is 128 Å². The van der Waals surface area contributed by atoms with Gasteiger partial charge in [-0.3, -0.25) is 0 Å². The van der Waals surface area contributed by atoms with Gasteiger partial charge in [0.15, 0.2) is 34.9 Å². The van der Waals surface area contributed by atoms with E-state index in [1.807, 2.05) is 170 Å². The number of halogens is 1. The van der Waals surface area contributed by atoms with Crippen molar-refractivity contribution in [2.75, 3.05) is 0 Å². The number of aromatic nitrogens is 8. The molecule has 0 saturated carbocycles. The van der Waals surface area contributed by atoms with Crippen molar-refractivity contribution >= 4 is 142 Å². The summed E-state index contributed by atoms with van der Waals surface area (Å²) in [5.74, 6) is 3.50. The zero-order valence-electron chi connectivity index (χ0n) is 56.2. The molecule has 0 aliphatic carbocycles. The van der Waals surface area contributed by atoms with Gasteiger partial charge in [-0.2, -0.15) is 0 Å². The summed E-state index contributed by atoms with van der Waals surface area (Å²) in [5, 5.41) is 19.3. The highest BCUT2D eigenvalue weighted by molar-refractivity contribution is 6.36. The van der Waals surface area contributed by atoms with Gasteiger partial charge in [-0.25, -0.2) is 29.9 Å². The molecule has 22 aromatic rings. The van der Waals surface area contributed by atoms with Crippen molar-refractivity contribution in [3.63, 3.8) is 0 Å². The molecule has 0 atom stereocenters. The van der Waals surface area contributed by atoms with Crippen molar-refractivity contribution in [3.05, 3.63) is 345 Å². The van der Waals surface area contributed by atoms with Crippen molar-refractivity contribution in [2.24, 2.45) is 0 Å². The Morgan fingerprint density at radius 3 is 0.952 bits per heavy atom. The van der Waals surface area contributed by atoms with E-state index in [1.54, 1.807) is 0 Å². The van der Waals surface area contributed by atoms with Gasteiger partial charge in [-0.15, -0.1) is 0 Å². The molecule has 0 fully saturated rings. The lowest BCUT2D eigenvalue weighted by molar-refractivity contribution is 0.668. The van der Waals surface area contributed by atoms with Crippen LogP contribution in [0.5, 0.6) is 0 Å². The number of furan rings is 2. The topological polar surface area (TPSA) is 124 Å². The van der Waals surface area contributed by atoms with Gasteiger partial charge in [0.2, 0.25) is 0 Å². The van der Waals surface area contributed by atoms with Crippen molar-refractivity contribution in [2.45, 2.75) is 0 Å². The van der Waals surface area contributed by atoms with Crippen LogP contribution in [0.4, 0.5) is 0 Å². The van der Waals surface area contributed by atoms with Crippen LogP contribution < -0.4 is 0 Å². The lowest BCUT2D eigenvalue weighted by Gasteiger charge is -2.16. The number of hydrogen-bond acceptors (Lipinski definition) is 8. The Kier molecular flexibility index (Phi) is 14.7. The third-order valence-electron chi connectivity index (χ3n) is 19.9.